The summed E-state index contributed by atoms with van der Waals surface area (Å²) in [6.07, 6.45) is 0. The lowest BCUT2D eigenvalue weighted by Crippen LogP contribution is -2.29. The highest BCUT2D eigenvalue weighted by Crippen LogP contribution is 2.45. The number of carbonyl (C=O) groups is 2. The topological polar surface area (TPSA) is 98.2 Å². The molecule has 6 rings (SSSR count). The maximum Gasteiger partial charge on any atom is 0.301 e. The van der Waals surface area contributed by atoms with Crippen molar-refractivity contribution in [1.29, 1.82) is 0 Å². The highest BCUT2D eigenvalue weighted by molar-refractivity contribution is 7.22. The van der Waals surface area contributed by atoms with Crippen molar-refractivity contribution < 1.29 is 28.9 Å². The van der Waals surface area contributed by atoms with E-state index in [1.54, 1.807) is 37.4 Å². The van der Waals surface area contributed by atoms with Gasteiger partial charge in [0.25, 0.3) is 5.78 Å². The van der Waals surface area contributed by atoms with Crippen LogP contribution in [-0.4, -0.2) is 42.1 Å². The van der Waals surface area contributed by atoms with Gasteiger partial charge >= 0.3 is 5.91 Å². The summed E-state index contributed by atoms with van der Waals surface area (Å²) in [5.74, 6) is -0.130. The minimum Gasteiger partial charge on any atom is -0.507 e. The molecule has 1 saturated heterocycles. The normalized spacial score (nSPS) is 18.4. The Morgan fingerprint density at radius 3 is 2.54 bits per heavy atom. The van der Waals surface area contributed by atoms with Gasteiger partial charge in [0, 0.05) is 5.56 Å². The molecule has 3 heterocycles. The number of hydrogen-bond donors (Lipinski definition) is 1. The zero-order valence-electron chi connectivity index (χ0n) is 20.1. The monoisotopic (exact) mass is 514 g/mol. The highest BCUT2D eigenvalue weighted by atomic mass is 32.1. The van der Waals surface area contributed by atoms with Crippen molar-refractivity contribution in [2.75, 3.05) is 25.2 Å². The maximum atomic E-state index is 13.5. The smallest absolute Gasteiger partial charge is 0.301 e. The molecule has 9 heteroatoms. The molecule has 2 aliphatic rings. The first kappa shape index (κ1) is 23.1. The number of fused-ring (bicyclic) bond motifs is 2. The molecule has 1 aromatic heterocycles. The van der Waals surface area contributed by atoms with E-state index in [1.807, 2.05) is 37.3 Å². The van der Waals surface area contributed by atoms with E-state index in [0.717, 1.165) is 10.3 Å². The third kappa shape index (κ3) is 3.88. The Kier molecular flexibility index (Phi) is 5.57. The van der Waals surface area contributed by atoms with E-state index in [1.165, 1.54) is 16.2 Å². The van der Waals surface area contributed by atoms with Crippen LogP contribution in [0.5, 0.6) is 17.2 Å². The molecule has 1 unspecified atom stereocenters. The van der Waals surface area contributed by atoms with Crippen molar-refractivity contribution in [1.82, 2.24) is 4.98 Å². The molecule has 1 atom stereocenters. The van der Waals surface area contributed by atoms with Gasteiger partial charge in [-0.05, 0) is 48.9 Å². The van der Waals surface area contributed by atoms with Crippen LogP contribution in [0.4, 0.5) is 5.13 Å². The van der Waals surface area contributed by atoms with E-state index in [4.69, 9.17) is 14.2 Å². The zero-order valence-corrected chi connectivity index (χ0v) is 20.9. The van der Waals surface area contributed by atoms with Gasteiger partial charge in [-0.3, -0.25) is 14.5 Å². The number of ether oxygens (including phenoxy) is 3. The molecule has 37 heavy (non-hydrogen) atoms. The number of anilines is 1. The Balaban J connectivity index is 1.52. The van der Waals surface area contributed by atoms with E-state index in [0.29, 0.717) is 52.2 Å². The van der Waals surface area contributed by atoms with Crippen LogP contribution in [0.25, 0.3) is 16.0 Å². The minimum absolute atomic E-state index is 0.0117. The fraction of sp³-hybridized carbons (Fsp3) is 0.179. The Bertz CT molecular complexity index is 1590. The number of aliphatic hydroxyl groups excluding tert-OH is 1. The van der Waals surface area contributed by atoms with Crippen LogP contribution in [0.2, 0.25) is 0 Å². The Morgan fingerprint density at radius 1 is 1.03 bits per heavy atom. The van der Waals surface area contributed by atoms with Crippen LogP contribution in [-0.2, 0) is 9.59 Å². The van der Waals surface area contributed by atoms with Crippen LogP contribution in [0, 0.1) is 6.92 Å². The fourth-order valence-electron chi connectivity index (χ4n) is 4.56. The number of thiazole rings is 1. The van der Waals surface area contributed by atoms with Gasteiger partial charge in [0.15, 0.2) is 16.6 Å². The summed E-state index contributed by atoms with van der Waals surface area (Å²) in [5.41, 5.74) is 2.73. The summed E-state index contributed by atoms with van der Waals surface area (Å²) in [7, 11) is 1.58. The maximum absolute atomic E-state index is 13.5. The lowest BCUT2D eigenvalue weighted by Gasteiger charge is -2.23. The number of aromatic nitrogens is 1. The van der Waals surface area contributed by atoms with Crippen LogP contribution in [0.1, 0.15) is 22.7 Å². The van der Waals surface area contributed by atoms with E-state index in [-0.39, 0.29) is 11.3 Å². The van der Waals surface area contributed by atoms with Gasteiger partial charge in [0.05, 0.1) is 28.9 Å². The first-order valence-electron chi connectivity index (χ1n) is 11.7. The number of nitrogens with zero attached hydrogens (tertiary/aromatic N) is 2. The van der Waals surface area contributed by atoms with Crippen LogP contribution in [0.3, 0.4) is 0 Å². The summed E-state index contributed by atoms with van der Waals surface area (Å²) in [5, 5.41) is 11.8. The molecule has 0 aliphatic carbocycles. The number of hydrogen-bond acceptors (Lipinski definition) is 8. The van der Waals surface area contributed by atoms with Crippen LogP contribution in [0.15, 0.2) is 66.2 Å². The van der Waals surface area contributed by atoms with Crippen molar-refractivity contribution >= 4 is 44.1 Å². The number of rotatable bonds is 4. The number of Topliss-reactive ketones (excluding diaryl/α,β-unsaturated/α-hetero) is 1. The SMILES string of the molecule is COc1ccc2nc(N3C(=O)C(=O)/C(=C(/O)c4ccc5c(c4)OCCO5)C3c3ccc(C)cc3)sc2c1. The summed E-state index contributed by atoms with van der Waals surface area (Å²) in [4.78, 5) is 32.9. The third-order valence-electron chi connectivity index (χ3n) is 6.44. The largest absolute Gasteiger partial charge is 0.507 e. The van der Waals surface area contributed by atoms with Gasteiger partial charge in [-0.1, -0.05) is 41.2 Å². The highest BCUT2D eigenvalue weighted by Gasteiger charge is 2.48. The summed E-state index contributed by atoms with van der Waals surface area (Å²) >= 11 is 1.28. The summed E-state index contributed by atoms with van der Waals surface area (Å²) < 4.78 is 17.4. The Labute approximate surface area is 216 Å². The number of benzene rings is 3. The lowest BCUT2D eigenvalue weighted by molar-refractivity contribution is -0.132. The van der Waals surface area contributed by atoms with Gasteiger partial charge in [0.1, 0.15) is 24.7 Å². The second-order valence-electron chi connectivity index (χ2n) is 8.77. The van der Waals surface area contributed by atoms with Gasteiger partial charge in [-0.25, -0.2) is 4.98 Å². The predicted octanol–water partition coefficient (Wildman–Crippen LogP) is 5.01. The molecule has 0 saturated carbocycles. The van der Waals surface area contributed by atoms with Gasteiger partial charge in [-0.15, -0.1) is 0 Å². The molecule has 1 amide bonds. The van der Waals surface area contributed by atoms with Crippen molar-refractivity contribution in [2.24, 2.45) is 0 Å². The van der Waals surface area contributed by atoms with Crippen molar-refractivity contribution in [3.05, 3.63) is 82.9 Å². The number of ketones is 1. The van der Waals surface area contributed by atoms with Gasteiger partial charge in [0.2, 0.25) is 0 Å². The molecular formula is C28H22N2O6S. The van der Waals surface area contributed by atoms with Crippen molar-refractivity contribution in [2.45, 2.75) is 13.0 Å². The first-order chi connectivity index (χ1) is 17.9. The molecule has 186 valence electrons. The minimum atomic E-state index is -0.865. The van der Waals surface area contributed by atoms with Gasteiger partial charge in [-0.2, -0.15) is 0 Å². The Morgan fingerprint density at radius 2 is 1.78 bits per heavy atom. The quantitative estimate of drug-likeness (QED) is 0.232. The molecule has 0 bridgehead atoms. The van der Waals surface area contributed by atoms with Crippen LogP contribution >= 0.6 is 11.3 Å². The molecule has 4 aromatic rings. The average molecular weight is 515 g/mol. The number of aliphatic hydroxyl groups is 1. The first-order valence-corrected chi connectivity index (χ1v) is 12.5. The standard InChI is InChI=1S/C28H22N2O6S/c1-15-3-5-16(6-4-15)24-23(25(31)17-7-10-20-21(13-17)36-12-11-35-20)26(32)27(33)30(24)28-29-19-9-8-18(34-2)14-22(19)37-28/h3-10,13-14,24,31H,11-12H2,1-2H3/b25-23+. The lowest BCUT2D eigenvalue weighted by atomic mass is 9.94. The van der Waals surface area contributed by atoms with Crippen molar-refractivity contribution in [3.8, 4) is 17.2 Å². The molecule has 0 spiro atoms. The molecule has 2 aliphatic heterocycles. The van der Waals surface area contributed by atoms with Crippen LogP contribution < -0.4 is 19.1 Å². The molecular weight excluding hydrogens is 492 g/mol. The summed E-state index contributed by atoms with van der Waals surface area (Å²) in [6, 6.07) is 17.0. The third-order valence-corrected chi connectivity index (χ3v) is 7.46. The predicted molar refractivity (Wildman–Crippen MR) is 140 cm³/mol. The Hall–Kier alpha value is -4.37. The number of methoxy groups -OCH3 is 1. The molecule has 1 N–H and O–H groups in total. The average Bonchev–Trinajstić information content (AvgIpc) is 3.46. The number of amides is 1. The van der Waals surface area contributed by atoms with E-state index in [9.17, 15) is 14.7 Å². The molecule has 1 fully saturated rings. The van der Waals surface area contributed by atoms with E-state index < -0.39 is 17.7 Å². The second kappa shape index (κ2) is 8.94. The summed E-state index contributed by atoms with van der Waals surface area (Å²) in [6.45, 7) is 2.77. The fourth-order valence-corrected chi connectivity index (χ4v) is 5.58. The molecule has 3 aromatic carbocycles. The zero-order chi connectivity index (χ0) is 25.7. The molecule has 0 radical (unpaired) electrons. The van der Waals surface area contributed by atoms with E-state index in [2.05, 4.69) is 4.98 Å². The number of carbonyl (C=O) groups excluding carboxylic acids is 2. The second-order valence-corrected chi connectivity index (χ2v) is 9.78. The van der Waals surface area contributed by atoms with Crippen molar-refractivity contribution in [3.63, 3.8) is 0 Å². The number of aryl methyl sites for hydroxylation is 1. The molecule has 8 nitrogen and oxygen atoms in total. The van der Waals surface area contributed by atoms with Gasteiger partial charge < -0.3 is 19.3 Å². The van der Waals surface area contributed by atoms with E-state index >= 15 is 0 Å².